The number of carbonyl (C=O) groups is 4. The number of para-hydroxylation sites is 2. The van der Waals surface area contributed by atoms with Crippen molar-refractivity contribution in [2.45, 2.75) is 6.92 Å². The van der Waals surface area contributed by atoms with E-state index in [2.05, 4.69) is 5.32 Å². The molecule has 1 heterocycles. The SMILES string of the molecule is CCOc1ccccc1NC(=O)COc1ccc(/C=C2/SC(=O)N(CC(=O)c3ccc(Cl)cc3)C2=O)cc1OC. The second kappa shape index (κ2) is 13.2. The molecule has 206 valence electrons. The molecule has 3 aromatic rings. The third kappa shape index (κ3) is 7.02. The van der Waals surface area contributed by atoms with Gasteiger partial charge >= 0.3 is 0 Å². The van der Waals surface area contributed by atoms with Gasteiger partial charge in [0.05, 0.1) is 30.9 Å². The van der Waals surface area contributed by atoms with Crippen molar-refractivity contribution < 1.29 is 33.4 Å². The number of halogens is 1. The second-order valence-corrected chi connectivity index (χ2v) is 9.80. The molecule has 3 amide bonds. The van der Waals surface area contributed by atoms with E-state index in [4.69, 9.17) is 25.8 Å². The number of hydrogen-bond donors (Lipinski definition) is 1. The fourth-order valence-corrected chi connectivity index (χ4v) is 4.70. The van der Waals surface area contributed by atoms with Crippen LogP contribution >= 0.6 is 23.4 Å². The lowest BCUT2D eigenvalue weighted by Crippen LogP contribution is -2.33. The lowest BCUT2D eigenvalue weighted by atomic mass is 10.1. The molecule has 1 N–H and O–H groups in total. The number of amides is 3. The third-order valence-electron chi connectivity index (χ3n) is 5.65. The van der Waals surface area contributed by atoms with Crippen molar-refractivity contribution in [2.75, 3.05) is 32.2 Å². The zero-order valence-electron chi connectivity index (χ0n) is 21.6. The average Bonchev–Trinajstić information content (AvgIpc) is 3.20. The zero-order chi connectivity index (χ0) is 28.6. The highest BCUT2D eigenvalue weighted by atomic mass is 35.5. The van der Waals surface area contributed by atoms with Gasteiger partial charge < -0.3 is 19.5 Å². The Morgan fingerprint density at radius 3 is 2.45 bits per heavy atom. The number of benzene rings is 3. The number of anilines is 1. The van der Waals surface area contributed by atoms with E-state index in [0.717, 1.165) is 16.7 Å². The summed E-state index contributed by atoms with van der Waals surface area (Å²) in [5.74, 6) is -0.142. The molecule has 0 bridgehead atoms. The molecule has 0 aliphatic carbocycles. The predicted molar refractivity (Wildman–Crippen MR) is 153 cm³/mol. The minimum absolute atomic E-state index is 0.164. The van der Waals surface area contributed by atoms with Gasteiger partial charge in [-0.3, -0.25) is 24.1 Å². The van der Waals surface area contributed by atoms with Gasteiger partial charge in [-0.05, 0) is 78.9 Å². The first-order valence-corrected chi connectivity index (χ1v) is 13.3. The first kappa shape index (κ1) is 28.7. The van der Waals surface area contributed by atoms with E-state index in [1.165, 1.54) is 13.2 Å². The number of thioether (sulfide) groups is 1. The van der Waals surface area contributed by atoms with Crippen molar-refractivity contribution in [3.63, 3.8) is 0 Å². The summed E-state index contributed by atoms with van der Waals surface area (Å²) in [6.07, 6.45) is 1.53. The standard InChI is InChI=1S/C29H25ClN2O7S/c1-3-38-23-7-5-4-6-21(23)31-27(34)17-39-24-13-8-18(14-25(24)37-2)15-26-28(35)32(29(36)40-26)16-22(33)19-9-11-20(30)12-10-19/h4-15H,3,16-17H2,1-2H3,(H,31,34)/b26-15+. The van der Waals surface area contributed by atoms with E-state index in [1.807, 2.05) is 13.0 Å². The van der Waals surface area contributed by atoms with Crippen molar-refractivity contribution in [2.24, 2.45) is 0 Å². The molecule has 4 rings (SSSR count). The molecule has 0 unspecified atom stereocenters. The molecule has 1 aliphatic heterocycles. The Bertz CT molecular complexity index is 1470. The molecule has 0 saturated carbocycles. The van der Waals surface area contributed by atoms with Crippen molar-refractivity contribution in [1.82, 2.24) is 4.90 Å². The lowest BCUT2D eigenvalue weighted by Gasteiger charge is -2.13. The van der Waals surface area contributed by atoms with E-state index < -0.39 is 11.1 Å². The Kier molecular flexibility index (Phi) is 9.47. The Hall–Kier alpha value is -4.28. The molecule has 1 saturated heterocycles. The summed E-state index contributed by atoms with van der Waals surface area (Å²) in [6.45, 7) is 1.65. The Balaban J connectivity index is 1.40. The Labute approximate surface area is 240 Å². The molecule has 1 aliphatic rings. The molecule has 40 heavy (non-hydrogen) atoms. The fourth-order valence-electron chi connectivity index (χ4n) is 3.73. The van der Waals surface area contributed by atoms with Crippen molar-refractivity contribution in [3.8, 4) is 17.2 Å². The molecule has 11 heteroatoms. The van der Waals surface area contributed by atoms with Crippen LogP contribution < -0.4 is 19.5 Å². The number of hydrogen-bond acceptors (Lipinski definition) is 8. The molecule has 3 aromatic carbocycles. The van der Waals surface area contributed by atoms with Crippen LogP contribution in [0.15, 0.2) is 71.6 Å². The smallest absolute Gasteiger partial charge is 0.293 e. The van der Waals surface area contributed by atoms with Crippen LogP contribution in [0, 0.1) is 0 Å². The number of ketones is 1. The Morgan fingerprint density at radius 2 is 1.73 bits per heavy atom. The number of methoxy groups -OCH3 is 1. The third-order valence-corrected chi connectivity index (χ3v) is 6.81. The fraction of sp³-hybridized carbons (Fsp3) is 0.172. The van der Waals surface area contributed by atoms with E-state index in [1.54, 1.807) is 60.7 Å². The molecule has 1 fully saturated rings. The van der Waals surface area contributed by atoms with Gasteiger partial charge in [0.1, 0.15) is 5.75 Å². The summed E-state index contributed by atoms with van der Waals surface area (Å²) in [6, 6.07) is 18.2. The molecule has 0 radical (unpaired) electrons. The summed E-state index contributed by atoms with van der Waals surface area (Å²) < 4.78 is 16.6. The van der Waals surface area contributed by atoms with Crippen LogP contribution in [0.5, 0.6) is 17.2 Å². The largest absolute Gasteiger partial charge is 0.493 e. The number of nitrogens with zero attached hydrogens (tertiary/aromatic N) is 1. The van der Waals surface area contributed by atoms with Crippen LogP contribution in [0.25, 0.3) is 6.08 Å². The van der Waals surface area contributed by atoms with Gasteiger partial charge in [0.2, 0.25) is 0 Å². The molecular formula is C29H25ClN2O7S. The highest BCUT2D eigenvalue weighted by molar-refractivity contribution is 8.18. The lowest BCUT2D eigenvalue weighted by molar-refractivity contribution is -0.122. The molecule has 0 aromatic heterocycles. The van der Waals surface area contributed by atoms with E-state index in [0.29, 0.717) is 45.7 Å². The summed E-state index contributed by atoms with van der Waals surface area (Å²) in [7, 11) is 1.45. The van der Waals surface area contributed by atoms with Crippen LogP contribution in [-0.2, 0) is 9.59 Å². The number of Topliss-reactive ketones (excluding diaryl/α,β-unsaturated/α-hetero) is 1. The quantitative estimate of drug-likeness (QED) is 0.228. The van der Waals surface area contributed by atoms with Gasteiger partial charge in [-0.2, -0.15) is 0 Å². The van der Waals surface area contributed by atoms with Gasteiger partial charge in [-0.1, -0.05) is 29.8 Å². The maximum Gasteiger partial charge on any atom is 0.293 e. The predicted octanol–water partition coefficient (Wildman–Crippen LogP) is 5.68. The van der Waals surface area contributed by atoms with Crippen molar-refractivity contribution in [3.05, 3.63) is 87.8 Å². The summed E-state index contributed by atoms with van der Waals surface area (Å²) in [4.78, 5) is 51.5. The van der Waals surface area contributed by atoms with Crippen LogP contribution in [-0.4, -0.2) is 54.6 Å². The minimum Gasteiger partial charge on any atom is -0.493 e. The van der Waals surface area contributed by atoms with Gasteiger partial charge in [0, 0.05) is 10.6 Å². The molecule has 0 atom stereocenters. The average molecular weight is 581 g/mol. The molecule has 9 nitrogen and oxygen atoms in total. The summed E-state index contributed by atoms with van der Waals surface area (Å²) >= 11 is 6.60. The summed E-state index contributed by atoms with van der Waals surface area (Å²) in [5, 5.41) is 2.69. The second-order valence-electron chi connectivity index (χ2n) is 8.37. The molecular weight excluding hydrogens is 556 g/mol. The van der Waals surface area contributed by atoms with Crippen LogP contribution in [0.4, 0.5) is 10.5 Å². The van der Waals surface area contributed by atoms with Gasteiger partial charge in [0.15, 0.2) is 23.9 Å². The van der Waals surface area contributed by atoms with E-state index in [9.17, 15) is 19.2 Å². The number of nitrogens with one attached hydrogen (secondary N) is 1. The van der Waals surface area contributed by atoms with Gasteiger partial charge in [-0.15, -0.1) is 0 Å². The molecule has 0 spiro atoms. The highest BCUT2D eigenvalue weighted by Gasteiger charge is 2.36. The number of carbonyl (C=O) groups excluding carboxylic acids is 4. The maximum absolute atomic E-state index is 12.9. The topological polar surface area (TPSA) is 111 Å². The van der Waals surface area contributed by atoms with Gasteiger partial charge in [0.25, 0.3) is 17.1 Å². The van der Waals surface area contributed by atoms with Crippen molar-refractivity contribution >= 4 is 58.0 Å². The minimum atomic E-state index is -0.569. The zero-order valence-corrected chi connectivity index (χ0v) is 23.2. The number of rotatable bonds is 11. The van der Waals surface area contributed by atoms with Gasteiger partial charge in [-0.25, -0.2) is 0 Å². The normalized spacial score (nSPS) is 13.9. The number of imide groups is 1. The van der Waals surface area contributed by atoms with Crippen molar-refractivity contribution in [1.29, 1.82) is 0 Å². The van der Waals surface area contributed by atoms with Crippen LogP contribution in [0.1, 0.15) is 22.8 Å². The van der Waals surface area contributed by atoms with E-state index in [-0.39, 0.29) is 29.7 Å². The first-order valence-electron chi connectivity index (χ1n) is 12.2. The monoisotopic (exact) mass is 580 g/mol. The maximum atomic E-state index is 12.9. The highest BCUT2D eigenvalue weighted by Crippen LogP contribution is 2.35. The van der Waals surface area contributed by atoms with Crippen LogP contribution in [0.3, 0.4) is 0 Å². The summed E-state index contributed by atoms with van der Waals surface area (Å²) in [5.41, 5.74) is 1.44. The first-order chi connectivity index (χ1) is 19.3. The van der Waals surface area contributed by atoms with E-state index >= 15 is 0 Å². The Morgan fingerprint density at radius 1 is 0.975 bits per heavy atom. The number of ether oxygens (including phenoxy) is 3. The van der Waals surface area contributed by atoms with Crippen LogP contribution in [0.2, 0.25) is 5.02 Å².